The number of amides is 1. The van der Waals surface area contributed by atoms with Crippen LogP contribution < -0.4 is 10.6 Å². The third-order valence-corrected chi connectivity index (χ3v) is 4.65. The maximum absolute atomic E-state index is 12.4. The van der Waals surface area contributed by atoms with Crippen molar-refractivity contribution in [3.63, 3.8) is 0 Å². The van der Waals surface area contributed by atoms with E-state index in [4.69, 9.17) is 0 Å². The van der Waals surface area contributed by atoms with Gasteiger partial charge in [0.2, 0.25) is 0 Å². The minimum absolute atomic E-state index is 0.0608. The molecule has 1 aromatic carbocycles. The maximum atomic E-state index is 12.4. The van der Waals surface area contributed by atoms with Crippen molar-refractivity contribution in [2.45, 2.75) is 57.2 Å². The molecule has 0 spiro atoms. The molecule has 1 aromatic rings. The second kappa shape index (κ2) is 6.58. The van der Waals surface area contributed by atoms with Crippen LogP contribution in [0.25, 0.3) is 0 Å². The summed E-state index contributed by atoms with van der Waals surface area (Å²) in [6, 6.07) is 5.85. The zero-order valence-electron chi connectivity index (χ0n) is 12.4. The Labute approximate surface area is 125 Å². The van der Waals surface area contributed by atoms with E-state index in [-0.39, 0.29) is 11.9 Å². The van der Waals surface area contributed by atoms with Crippen LogP contribution in [0.2, 0.25) is 0 Å². The third-order valence-electron chi connectivity index (χ3n) is 4.65. The molecule has 3 rings (SSSR count). The first-order valence-corrected chi connectivity index (χ1v) is 8.05. The van der Waals surface area contributed by atoms with E-state index < -0.39 is 6.10 Å². The van der Waals surface area contributed by atoms with Gasteiger partial charge in [0, 0.05) is 12.1 Å². The standard InChI is InChI=1S/C17H24N2O2/c20-16-5-3-1-2-4-15(16)19-17(21)13-7-6-12-8-9-18-11-14(12)10-13/h6-7,10,15-16,18,20H,1-5,8-9,11H2,(H,19,21). The smallest absolute Gasteiger partial charge is 0.251 e. The number of carbonyl (C=O) groups excluding carboxylic acids is 1. The maximum Gasteiger partial charge on any atom is 0.251 e. The second-order valence-corrected chi connectivity index (χ2v) is 6.20. The molecule has 1 aliphatic heterocycles. The van der Waals surface area contributed by atoms with E-state index in [1.807, 2.05) is 12.1 Å². The lowest BCUT2D eigenvalue weighted by Crippen LogP contribution is -2.42. The molecule has 0 bridgehead atoms. The van der Waals surface area contributed by atoms with Crippen LogP contribution >= 0.6 is 0 Å². The number of fused-ring (bicyclic) bond motifs is 1. The first kappa shape index (κ1) is 14.5. The molecule has 1 saturated carbocycles. The number of hydrogen-bond donors (Lipinski definition) is 3. The van der Waals surface area contributed by atoms with Crippen molar-refractivity contribution < 1.29 is 9.90 Å². The van der Waals surface area contributed by atoms with E-state index in [1.54, 1.807) is 0 Å². The predicted octanol–water partition coefficient (Wildman–Crippen LogP) is 1.76. The summed E-state index contributed by atoms with van der Waals surface area (Å²) in [5.74, 6) is -0.0608. The fraction of sp³-hybridized carbons (Fsp3) is 0.588. The van der Waals surface area contributed by atoms with E-state index in [2.05, 4.69) is 16.7 Å². The number of rotatable bonds is 2. The Balaban J connectivity index is 1.69. The van der Waals surface area contributed by atoms with Crippen molar-refractivity contribution in [2.75, 3.05) is 6.54 Å². The van der Waals surface area contributed by atoms with E-state index in [0.717, 1.165) is 51.6 Å². The largest absolute Gasteiger partial charge is 0.391 e. The van der Waals surface area contributed by atoms with Crippen molar-refractivity contribution in [3.8, 4) is 0 Å². The van der Waals surface area contributed by atoms with Gasteiger partial charge in [-0.1, -0.05) is 25.3 Å². The van der Waals surface area contributed by atoms with Crippen LogP contribution in [0.4, 0.5) is 0 Å². The summed E-state index contributed by atoms with van der Waals surface area (Å²) in [4.78, 5) is 12.4. The summed E-state index contributed by atoms with van der Waals surface area (Å²) < 4.78 is 0. The van der Waals surface area contributed by atoms with Crippen LogP contribution in [-0.4, -0.2) is 29.7 Å². The van der Waals surface area contributed by atoms with Crippen molar-refractivity contribution in [1.82, 2.24) is 10.6 Å². The molecular weight excluding hydrogens is 264 g/mol. The van der Waals surface area contributed by atoms with Gasteiger partial charge in [-0.05, 0) is 49.1 Å². The fourth-order valence-corrected chi connectivity index (χ4v) is 3.33. The monoisotopic (exact) mass is 288 g/mol. The molecule has 1 fully saturated rings. The number of benzene rings is 1. The number of carbonyl (C=O) groups is 1. The molecule has 114 valence electrons. The van der Waals surface area contributed by atoms with E-state index in [1.165, 1.54) is 11.1 Å². The number of aliphatic hydroxyl groups is 1. The van der Waals surface area contributed by atoms with Gasteiger partial charge < -0.3 is 15.7 Å². The van der Waals surface area contributed by atoms with Crippen molar-refractivity contribution in [1.29, 1.82) is 0 Å². The summed E-state index contributed by atoms with van der Waals surface area (Å²) in [6.45, 7) is 1.84. The topological polar surface area (TPSA) is 61.4 Å². The average molecular weight is 288 g/mol. The van der Waals surface area contributed by atoms with Gasteiger partial charge in [0.1, 0.15) is 0 Å². The predicted molar refractivity (Wildman–Crippen MR) is 82.2 cm³/mol. The molecule has 4 nitrogen and oxygen atoms in total. The third kappa shape index (κ3) is 3.44. The Morgan fingerprint density at radius 2 is 2.05 bits per heavy atom. The SMILES string of the molecule is O=C(NC1CCCCCC1O)c1ccc2c(c1)CNCC2. The zero-order chi connectivity index (χ0) is 14.7. The van der Waals surface area contributed by atoms with Gasteiger partial charge in [0.15, 0.2) is 0 Å². The lowest BCUT2D eigenvalue weighted by molar-refractivity contribution is 0.0818. The normalized spacial score (nSPS) is 25.8. The fourth-order valence-electron chi connectivity index (χ4n) is 3.33. The number of hydrogen-bond acceptors (Lipinski definition) is 3. The Hall–Kier alpha value is -1.39. The molecule has 2 aliphatic rings. The van der Waals surface area contributed by atoms with Gasteiger partial charge in [-0.15, -0.1) is 0 Å². The summed E-state index contributed by atoms with van der Waals surface area (Å²) >= 11 is 0. The van der Waals surface area contributed by atoms with Gasteiger partial charge in [-0.2, -0.15) is 0 Å². The van der Waals surface area contributed by atoms with E-state index in [0.29, 0.717) is 5.56 Å². The van der Waals surface area contributed by atoms with Crippen molar-refractivity contribution in [3.05, 3.63) is 34.9 Å². The quantitative estimate of drug-likeness (QED) is 0.727. The second-order valence-electron chi connectivity index (χ2n) is 6.20. The van der Waals surface area contributed by atoms with Gasteiger partial charge in [0.05, 0.1) is 12.1 Å². The van der Waals surface area contributed by atoms with Crippen LogP contribution in [0.1, 0.15) is 53.6 Å². The van der Waals surface area contributed by atoms with Gasteiger partial charge in [-0.3, -0.25) is 4.79 Å². The highest BCUT2D eigenvalue weighted by Crippen LogP contribution is 2.20. The lowest BCUT2D eigenvalue weighted by atomic mass is 9.98. The van der Waals surface area contributed by atoms with Gasteiger partial charge >= 0.3 is 0 Å². The molecule has 0 aromatic heterocycles. The van der Waals surface area contributed by atoms with E-state index >= 15 is 0 Å². The van der Waals surface area contributed by atoms with Crippen LogP contribution in [0.5, 0.6) is 0 Å². The zero-order valence-corrected chi connectivity index (χ0v) is 12.4. The summed E-state index contributed by atoms with van der Waals surface area (Å²) in [5.41, 5.74) is 3.25. The van der Waals surface area contributed by atoms with Gasteiger partial charge in [0.25, 0.3) is 5.91 Å². The van der Waals surface area contributed by atoms with Crippen LogP contribution in [0.3, 0.4) is 0 Å². The highest BCUT2D eigenvalue weighted by molar-refractivity contribution is 5.94. The van der Waals surface area contributed by atoms with Crippen LogP contribution in [0, 0.1) is 0 Å². The lowest BCUT2D eigenvalue weighted by Gasteiger charge is -2.22. The molecule has 1 amide bonds. The van der Waals surface area contributed by atoms with E-state index in [9.17, 15) is 9.90 Å². The Bertz CT molecular complexity index is 516. The van der Waals surface area contributed by atoms with Crippen LogP contribution in [-0.2, 0) is 13.0 Å². The summed E-state index contributed by atoms with van der Waals surface area (Å²) in [6.07, 6.45) is 5.56. The molecule has 0 radical (unpaired) electrons. The molecule has 2 atom stereocenters. The first-order valence-electron chi connectivity index (χ1n) is 8.05. The highest BCUT2D eigenvalue weighted by Gasteiger charge is 2.24. The average Bonchev–Trinajstić information content (AvgIpc) is 2.72. The van der Waals surface area contributed by atoms with Gasteiger partial charge in [-0.25, -0.2) is 0 Å². The van der Waals surface area contributed by atoms with Crippen molar-refractivity contribution >= 4 is 5.91 Å². The van der Waals surface area contributed by atoms with Crippen LogP contribution in [0.15, 0.2) is 18.2 Å². The molecule has 3 N–H and O–H groups in total. The molecule has 2 unspecified atom stereocenters. The summed E-state index contributed by atoms with van der Waals surface area (Å²) in [5, 5.41) is 16.5. The minimum Gasteiger partial charge on any atom is -0.391 e. The minimum atomic E-state index is -0.407. The van der Waals surface area contributed by atoms with Crippen molar-refractivity contribution in [2.24, 2.45) is 0 Å². The molecule has 4 heteroatoms. The molecule has 1 heterocycles. The molecular formula is C17H24N2O2. The number of aliphatic hydroxyl groups excluding tert-OH is 1. The molecule has 21 heavy (non-hydrogen) atoms. The Morgan fingerprint density at radius 3 is 2.95 bits per heavy atom. The molecule has 0 saturated heterocycles. The Morgan fingerprint density at radius 1 is 1.19 bits per heavy atom. The number of nitrogens with one attached hydrogen (secondary N) is 2. The first-order chi connectivity index (χ1) is 10.2. The Kier molecular flexibility index (Phi) is 4.56. The summed E-state index contributed by atoms with van der Waals surface area (Å²) in [7, 11) is 0. The highest BCUT2D eigenvalue weighted by atomic mass is 16.3. The molecule has 1 aliphatic carbocycles.